The normalized spacial score (nSPS) is 11.3. The Morgan fingerprint density at radius 1 is 1.52 bits per heavy atom. The molecule has 1 aromatic heterocycles. The predicted octanol–water partition coefficient (Wildman–Crippen LogP) is 1.92. The average Bonchev–Trinajstić information content (AvgIpc) is 2.72. The van der Waals surface area contributed by atoms with Gasteiger partial charge in [-0.2, -0.15) is 5.26 Å². The SMILES string of the molecule is CCCn1c(C)cc(/C=C(/C#N)C(=O)NCCCO)c1C. The van der Waals surface area contributed by atoms with E-state index in [1.165, 1.54) is 0 Å². The van der Waals surface area contributed by atoms with Crippen LogP contribution in [0.15, 0.2) is 11.6 Å². The van der Waals surface area contributed by atoms with Crippen molar-refractivity contribution in [2.75, 3.05) is 13.2 Å². The molecule has 0 aliphatic heterocycles. The van der Waals surface area contributed by atoms with Crippen LogP contribution in [0.5, 0.6) is 0 Å². The summed E-state index contributed by atoms with van der Waals surface area (Å²) in [6.45, 7) is 7.44. The number of carbonyl (C=O) groups is 1. The number of aryl methyl sites for hydroxylation is 1. The van der Waals surface area contributed by atoms with Crippen LogP contribution in [-0.4, -0.2) is 28.7 Å². The lowest BCUT2D eigenvalue weighted by molar-refractivity contribution is -0.117. The van der Waals surface area contributed by atoms with E-state index in [0.29, 0.717) is 13.0 Å². The molecule has 0 aliphatic rings. The van der Waals surface area contributed by atoms with E-state index in [4.69, 9.17) is 10.4 Å². The Balaban J connectivity index is 2.96. The molecule has 5 nitrogen and oxygen atoms in total. The van der Waals surface area contributed by atoms with E-state index >= 15 is 0 Å². The Morgan fingerprint density at radius 2 is 2.24 bits per heavy atom. The van der Waals surface area contributed by atoms with E-state index in [1.807, 2.05) is 26.0 Å². The number of nitrogens with zero attached hydrogens (tertiary/aromatic N) is 2. The maximum Gasteiger partial charge on any atom is 0.261 e. The van der Waals surface area contributed by atoms with Gasteiger partial charge in [0.2, 0.25) is 0 Å². The monoisotopic (exact) mass is 289 g/mol. The molecule has 0 fully saturated rings. The van der Waals surface area contributed by atoms with Crippen LogP contribution in [0.1, 0.15) is 36.7 Å². The number of rotatable bonds is 7. The van der Waals surface area contributed by atoms with Crippen molar-refractivity contribution in [1.82, 2.24) is 9.88 Å². The van der Waals surface area contributed by atoms with E-state index in [9.17, 15) is 4.79 Å². The summed E-state index contributed by atoms with van der Waals surface area (Å²) in [7, 11) is 0. The molecule has 21 heavy (non-hydrogen) atoms. The highest BCUT2D eigenvalue weighted by molar-refractivity contribution is 6.01. The zero-order chi connectivity index (χ0) is 15.8. The molecule has 0 saturated heterocycles. The summed E-state index contributed by atoms with van der Waals surface area (Å²) in [6.07, 6.45) is 3.14. The largest absolute Gasteiger partial charge is 0.396 e. The van der Waals surface area contributed by atoms with E-state index in [1.54, 1.807) is 6.08 Å². The molecule has 0 aromatic carbocycles. The maximum absolute atomic E-state index is 11.9. The fraction of sp³-hybridized carbons (Fsp3) is 0.500. The molecule has 1 aromatic rings. The van der Waals surface area contributed by atoms with E-state index in [0.717, 1.165) is 29.9 Å². The van der Waals surface area contributed by atoms with Gasteiger partial charge in [-0.25, -0.2) is 0 Å². The number of carbonyl (C=O) groups excluding carboxylic acids is 1. The molecular weight excluding hydrogens is 266 g/mol. The first kappa shape index (κ1) is 17.0. The van der Waals surface area contributed by atoms with Crippen LogP contribution >= 0.6 is 0 Å². The van der Waals surface area contributed by atoms with Crippen LogP contribution in [0.3, 0.4) is 0 Å². The number of aromatic nitrogens is 1. The molecule has 0 atom stereocenters. The zero-order valence-corrected chi connectivity index (χ0v) is 12.9. The minimum Gasteiger partial charge on any atom is -0.396 e. The van der Waals surface area contributed by atoms with Crippen molar-refractivity contribution in [3.8, 4) is 6.07 Å². The molecule has 2 N–H and O–H groups in total. The van der Waals surface area contributed by atoms with Crippen LogP contribution in [0.25, 0.3) is 6.08 Å². The average molecular weight is 289 g/mol. The summed E-state index contributed by atoms with van der Waals surface area (Å²) in [5.74, 6) is -0.397. The lowest BCUT2D eigenvalue weighted by Gasteiger charge is -2.07. The second-order valence-corrected chi connectivity index (χ2v) is 4.98. The van der Waals surface area contributed by atoms with Crippen molar-refractivity contribution in [3.05, 3.63) is 28.6 Å². The highest BCUT2D eigenvalue weighted by Crippen LogP contribution is 2.18. The van der Waals surface area contributed by atoms with Gasteiger partial charge in [-0.3, -0.25) is 4.79 Å². The number of nitriles is 1. The minimum absolute atomic E-state index is 0.0179. The van der Waals surface area contributed by atoms with E-state index in [2.05, 4.69) is 16.8 Å². The standard InChI is InChI=1S/C16H23N3O2/c1-4-7-19-12(2)9-14(13(19)3)10-15(11-17)16(21)18-6-5-8-20/h9-10,20H,4-8H2,1-3H3,(H,18,21)/b15-10-. The molecule has 0 spiro atoms. The van der Waals surface area contributed by atoms with Crippen LogP contribution in [0.4, 0.5) is 0 Å². The Labute approximate surface area is 125 Å². The fourth-order valence-electron chi connectivity index (χ4n) is 2.22. The van der Waals surface area contributed by atoms with Crippen molar-refractivity contribution in [3.63, 3.8) is 0 Å². The first-order valence-corrected chi connectivity index (χ1v) is 7.22. The molecule has 0 radical (unpaired) electrons. The zero-order valence-electron chi connectivity index (χ0n) is 12.9. The Kier molecular flexibility index (Phi) is 6.70. The van der Waals surface area contributed by atoms with Crippen molar-refractivity contribution in [2.24, 2.45) is 0 Å². The second-order valence-electron chi connectivity index (χ2n) is 4.98. The highest BCUT2D eigenvalue weighted by atomic mass is 16.3. The third kappa shape index (κ3) is 4.47. The summed E-state index contributed by atoms with van der Waals surface area (Å²) in [6, 6.07) is 3.93. The van der Waals surface area contributed by atoms with Crippen molar-refractivity contribution in [2.45, 2.75) is 40.2 Å². The van der Waals surface area contributed by atoms with Gasteiger partial charge in [-0.15, -0.1) is 0 Å². The van der Waals surface area contributed by atoms with Crippen LogP contribution in [-0.2, 0) is 11.3 Å². The molecule has 0 unspecified atom stereocenters. The van der Waals surface area contributed by atoms with Gasteiger partial charge < -0.3 is 15.0 Å². The molecule has 1 amide bonds. The minimum atomic E-state index is -0.397. The number of amides is 1. The highest BCUT2D eigenvalue weighted by Gasteiger charge is 2.12. The first-order valence-electron chi connectivity index (χ1n) is 7.22. The van der Waals surface area contributed by atoms with Gasteiger partial charge in [-0.1, -0.05) is 6.92 Å². The Hall–Kier alpha value is -2.06. The van der Waals surface area contributed by atoms with Crippen LogP contribution in [0, 0.1) is 25.2 Å². The summed E-state index contributed by atoms with van der Waals surface area (Å²) < 4.78 is 2.19. The van der Waals surface area contributed by atoms with Gasteiger partial charge in [0.25, 0.3) is 5.91 Å². The first-order chi connectivity index (χ1) is 10.0. The summed E-state index contributed by atoms with van der Waals surface area (Å²) in [4.78, 5) is 11.9. The summed E-state index contributed by atoms with van der Waals surface area (Å²) in [5.41, 5.74) is 3.17. The Morgan fingerprint density at radius 3 is 2.81 bits per heavy atom. The summed E-state index contributed by atoms with van der Waals surface area (Å²) in [5, 5.41) is 20.5. The van der Waals surface area contributed by atoms with Crippen molar-refractivity contribution >= 4 is 12.0 Å². The number of hydrogen-bond donors (Lipinski definition) is 2. The molecule has 0 aliphatic carbocycles. The van der Waals surface area contributed by atoms with Gasteiger partial charge in [0.15, 0.2) is 0 Å². The molecule has 1 heterocycles. The quantitative estimate of drug-likeness (QED) is 0.457. The number of hydrogen-bond acceptors (Lipinski definition) is 3. The third-order valence-electron chi connectivity index (χ3n) is 3.35. The number of nitrogens with one attached hydrogen (secondary N) is 1. The van der Waals surface area contributed by atoms with E-state index < -0.39 is 5.91 Å². The van der Waals surface area contributed by atoms with Gasteiger partial charge in [0.1, 0.15) is 11.6 Å². The molecule has 1 rings (SSSR count). The molecule has 0 saturated carbocycles. The van der Waals surface area contributed by atoms with Gasteiger partial charge >= 0.3 is 0 Å². The van der Waals surface area contributed by atoms with Crippen molar-refractivity contribution < 1.29 is 9.90 Å². The topological polar surface area (TPSA) is 78.0 Å². The smallest absolute Gasteiger partial charge is 0.261 e. The number of aliphatic hydroxyl groups excluding tert-OH is 1. The van der Waals surface area contributed by atoms with E-state index in [-0.39, 0.29) is 12.2 Å². The predicted molar refractivity (Wildman–Crippen MR) is 82.5 cm³/mol. The Bertz CT molecular complexity index is 565. The molecule has 5 heteroatoms. The van der Waals surface area contributed by atoms with Crippen LogP contribution in [0.2, 0.25) is 0 Å². The maximum atomic E-state index is 11.9. The number of aliphatic hydroxyl groups is 1. The lowest BCUT2D eigenvalue weighted by atomic mass is 10.1. The molecule has 0 bridgehead atoms. The van der Waals surface area contributed by atoms with Gasteiger partial charge in [-0.05, 0) is 44.4 Å². The fourth-order valence-corrected chi connectivity index (χ4v) is 2.22. The van der Waals surface area contributed by atoms with Gasteiger partial charge in [0, 0.05) is 31.1 Å². The lowest BCUT2D eigenvalue weighted by Crippen LogP contribution is -2.26. The molecule has 114 valence electrons. The summed E-state index contributed by atoms with van der Waals surface area (Å²) >= 11 is 0. The third-order valence-corrected chi connectivity index (χ3v) is 3.35. The second kappa shape index (κ2) is 8.28. The van der Waals surface area contributed by atoms with Gasteiger partial charge in [0.05, 0.1) is 0 Å². The van der Waals surface area contributed by atoms with Crippen molar-refractivity contribution in [1.29, 1.82) is 5.26 Å². The molecular formula is C16H23N3O2. The van der Waals surface area contributed by atoms with Crippen LogP contribution < -0.4 is 5.32 Å².